The van der Waals surface area contributed by atoms with Crippen LogP contribution in [0.1, 0.15) is 48.9 Å². The Hall–Kier alpha value is -1.77. The smallest absolute Gasteiger partial charge is 0.133 e. The molecule has 0 saturated heterocycles. The third kappa shape index (κ3) is 1.69. The van der Waals surface area contributed by atoms with Crippen LogP contribution in [0, 0.1) is 0 Å². The van der Waals surface area contributed by atoms with Gasteiger partial charge in [-0.2, -0.15) is 5.10 Å². The molecule has 104 valence electrons. The highest BCUT2D eigenvalue weighted by Gasteiger charge is 2.31. The van der Waals surface area contributed by atoms with Crippen LogP contribution in [0.25, 0.3) is 5.69 Å². The fraction of sp³-hybridized carbons (Fsp3) is 0.471. The number of para-hydroxylation sites is 1. The van der Waals surface area contributed by atoms with E-state index in [4.69, 9.17) is 5.10 Å². The monoisotopic (exact) mass is 267 g/mol. The first-order valence-corrected chi connectivity index (χ1v) is 7.82. The van der Waals surface area contributed by atoms with Crippen LogP contribution in [0.15, 0.2) is 24.3 Å². The van der Waals surface area contributed by atoms with Crippen LogP contribution in [-0.4, -0.2) is 16.3 Å². The van der Waals surface area contributed by atoms with Gasteiger partial charge < -0.3 is 5.32 Å². The third-order valence-corrected chi connectivity index (χ3v) is 4.77. The number of anilines is 1. The number of benzene rings is 1. The molecule has 0 radical (unpaired) electrons. The van der Waals surface area contributed by atoms with Crippen molar-refractivity contribution in [3.63, 3.8) is 0 Å². The number of nitrogens with zero attached hydrogens (tertiary/aromatic N) is 2. The number of aromatic nitrogens is 2. The highest BCUT2D eigenvalue weighted by atomic mass is 15.3. The van der Waals surface area contributed by atoms with Crippen LogP contribution < -0.4 is 5.32 Å². The van der Waals surface area contributed by atoms with Gasteiger partial charge in [0.2, 0.25) is 0 Å². The van der Waals surface area contributed by atoms with Gasteiger partial charge in [0.15, 0.2) is 0 Å². The second-order valence-electron chi connectivity index (χ2n) is 5.91. The number of nitrogens with one attached hydrogen (secondary N) is 1. The largest absolute Gasteiger partial charge is 0.369 e. The Morgan fingerprint density at radius 3 is 2.90 bits per heavy atom. The first-order valence-electron chi connectivity index (χ1n) is 7.82. The molecular weight excluding hydrogens is 246 g/mol. The summed E-state index contributed by atoms with van der Waals surface area (Å²) in [5.41, 5.74) is 5.45. The van der Waals surface area contributed by atoms with Gasteiger partial charge in [-0.3, -0.25) is 0 Å². The Kier molecular flexibility index (Phi) is 2.79. The molecule has 0 atom stereocenters. The first-order chi connectivity index (χ1) is 9.88. The molecule has 3 nitrogen and oxygen atoms in total. The molecule has 1 fully saturated rings. The Bertz CT molecular complexity index is 638. The Labute approximate surface area is 120 Å². The average molecular weight is 267 g/mol. The maximum Gasteiger partial charge on any atom is 0.133 e. The van der Waals surface area contributed by atoms with Gasteiger partial charge in [-0.1, -0.05) is 31.5 Å². The maximum atomic E-state index is 4.99. The van der Waals surface area contributed by atoms with Crippen LogP contribution in [0.4, 0.5) is 5.82 Å². The van der Waals surface area contributed by atoms with Gasteiger partial charge >= 0.3 is 0 Å². The van der Waals surface area contributed by atoms with Gasteiger partial charge in [-0.15, -0.1) is 0 Å². The molecule has 0 amide bonds. The molecule has 1 saturated carbocycles. The molecule has 1 N–H and O–H groups in total. The minimum Gasteiger partial charge on any atom is -0.369 e. The minimum absolute atomic E-state index is 0.707. The molecule has 4 rings (SSSR count). The van der Waals surface area contributed by atoms with Crippen molar-refractivity contribution in [1.29, 1.82) is 0 Å². The van der Waals surface area contributed by atoms with Gasteiger partial charge in [-0.25, -0.2) is 4.68 Å². The van der Waals surface area contributed by atoms with Crippen molar-refractivity contribution >= 4 is 5.82 Å². The standard InChI is InChI=1S/C17H21N3/c1-2-12-6-3-4-9-15(12)20-17-14(10-11-18-17)16(19-20)13-7-5-8-13/h3-4,6,9,13,18H,2,5,7-8,10-11H2,1H3. The zero-order chi connectivity index (χ0) is 13.5. The van der Waals surface area contributed by atoms with Crippen LogP contribution in [-0.2, 0) is 12.8 Å². The fourth-order valence-corrected chi connectivity index (χ4v) is 3.40. The van der Waals surface area contributed by atoms with E-state index in [0.717, 1.165) is 19.4 Å². The number of hydrogen-bond donors (Lipinski definition) is 1. The van der Waals surface area contributed by atoms with E-state index in [9.17, 15) is 0 Å². The quantitative estimate of drug-likeness (QED) is 0.919. The van der Waals surface area contributed by atoms with Crippen LogP contribution in [0.2, 0.25) is 0 Å². The summed E-state index contributed by atoms with van der Waals surface area (Å²) in [6.07, 6.45) is 6.18. The predicted molar refractivity (Wildman–Crippen MR) is 81.7 cm³/mol. The molecule has 2 aliphatic rings. The number of fused-ring (bicyclic) bond motifs is 1. The summed E-state index contributed by atoms with van der Waals surface area (Å²) < 4.78 is 2.16. The van der Waals surface area contributed by atoms with E-state index >= 15 is 0 Å². The maximum absolute atomic E-state index is 4.99. The van der Waals surface area contributed by atoms with E-state index in [-0.39, 0.29) is 0 Å². The average Bonchev–Trinajstić information content (AvgIpc) is 3.00. The number of aryl methyl sites for hydroxylation is 1. The van der Waals surface area contributed by atoms with Gasteiger partial charge in [0.1, 0.15) is 5.82 Å². The summed E-state index contributed by atoms with van der Waals surface area (Å²) in [7, 11) is 0. The van der Waals surface area contributed by atoms with Crippen molar-refractivity contribution in [2.75, 3.05) is 11.9 Å². The fourth-order valence-electron chi connectivity index (χ4n) is 3.40. The van der Waals surface area contributed by atoms with Crippen LogP contribution in [0.3, 0.4) is 0 Å². The summed E-state index contributed by atoms with van der Waals surface area (Å²) in [4.78, 5) is 0. The highest BCUT2D eigenvalue weighted by Crippen LogP contribution is 2.41. The van der Waals surface area contributed by atoms with Gasteiger partial charge in [0, 0.05) is 18.0 Å². The zero-order valence-electron chi connectivity index (χ0n) is 12.0. The summed E-state index contributed by atoms with van der Waals surface area (Å²) in [6, 6.07) is 8.63. The molecule has 20 heavy (non-hydrogen) atoms. The van der Waals surface area contributed by atoms with Crippen molar-refractivity contribution < 1.29 is 0 Å². The van der Waals surface area contributed by atoms with Gasteiger partial charge in [-0.05, 0) is 37.3 Å². The lowest BCUT2D eigenvalue weighted by Crippen LogP contribution is -2.13. The van der Waals surface area contributed by atoms with Crippen molar-refractivity contribution in [1.82, 2.24) is 9.78 Å². The normalized spacial score (nSPS) is 17.6. The third-order valence-electron chi connectivity index (χ3n) is 4.77. The molecule has 0 unspecified atom stereocenters. The lowest BCUT2D eigenvalue weighted by molar-refractivity contribution is 0.407. The zero-order valence-corrected chi connectivity index (χ0v) is 12.0. The second kappa shape index (κ2) is 4.65. The molecule has 0 spiro atoms. The van der Waals surface area contributed by atoms with E-state index in [2.05, 4.69) is 41.2 Å². The Morgan fingerprint density at radius 1 is 1.30 bits per heavy atom. The van der Waals surface area contributed by atoms with E-state index in [1.807, 2.05) is 0 Å². The molecule has 2 heterocycles. The first kappa shape index (κ1) is 12.0. The predicted octanol–water partition coefficient (Wildman–Crippen LogP) is 3.67. The topological polar surface area (TPSA) is 29.9 Å². The van der Waals surface area contributed by atoms with Crippen LogP contribution in [0.5, 0.6) is 0 Å². The lowest BCUT2D eigenvalue weighted by Gasteiger charge is -2.24. The second-order valence-corrected chi connectivity index (χ2v) is 5.91. The van der Waals surface area contributed by atoms with Crippen molar-refractivity contribution in [3.05, 3.63) is 41.1 Å². The molecule has 0 bridgehead atoms. The van der Waals surface area contributed by atoms with Crippen molar-refractivity contribution in [3.8, 4) is 5.69 Å². The number of rotatable bonds is 3. The molecule has 2 aromatic rings. The summed E-state index contributed by atoms with van der Waals surface area (Å²) in [5, 5.41) is 8.53. The summed E-state index contributed by atoms with van der Waals surface area (Å²) in [5.74, 6) is 1.95. The van der Waals surface area contributed by atoms with Gasteiger partial charge in [0.05, 0.1) is 11.4 Å². The van der Waals surface area contributed by atoms with Crippen LogP contribution >= 0.6 is 0 Å². The molecule has 3 heteroatoms. The van der Waals surface area contributed by atoms with Crippen molar-refractivity contribution in [2.45, 2.75) is 44.9 Å². The van der Waals surface area contributed by atoms with E-state index in [1.165, 1.54) is 47.6 Å². The van der Waals surface area contributed by atoms with E-state index < -0.39 is 0 Å². The minimum atomic E-state index is 0.707. The molecule has 1 aromatic carbocycles. The lowest BCUT2D eigenvalue weighted by atomic mass is 9.81. The van der Waals surface area contributed by atoms with E-state index in [1.54, 1.807) is 0 Å². The molecular formula is C17H21N3. The summed E-state index contributed by atoms with van der Waals surface area (Å²) in [6.45, 7) is 3.27. The SMILES string of the molecule is CCc1ccccc1-n1nc(C2CCC2)c2c1NCC2. The molecule has 1 aliphatic carbocycles. The highest BCUT2D eigenvalue weighted by molar-refractivity contribution is 5.59. The van der Waals surface area contributed by atoms with E-state index in [0.29, 0.717) is 5.92 Å². The Morgan fingerprint density at radius 2 is 2.15 bits per heavy atom. The molecule has 1 aromatic heterocycles. The number of hydrogen-bond acceptors (Lipinski definition) is 2. The van der Waals surface area contributed by atoms with Crippen molar-refractivity contribution in [2.24, 2.45) is 0 Å². The Balaban J connectivity index is 1.86. The molecule has 1 aliphatic heterocycles. The van der Waals surface area contributed by atoms with Gasteiger partial charge in [0.25, 0.3) is 0 Å². The summed E-state index contributed by atoms with van der Waals surface area (Å²) >= 11 is 0.